The number of rotatable bonds is 5. The van der Waals surface area contributed by atoms with E-state index >= 15 is 0 Å². The summed E-state index contributed by atoms with van der Waals surface area (Å²) in [4.78, 5) is 5.09. The van der Waals surface area contributed by atoms with E-state index in [4.69, 9.17) is 10.5 Å². The molecule has 0 aliphatic carbocycles. The average molecular weight is 255 g/mol. The SMILES string of the molecule is CCN1CCC(N(C)C(CN)C2CCOC2)CC1. The number of likely N-dealkylation sites (tertiary alicyclic amines) is 1. The minimum absolute atomic E-state index is 0.505. The van der Waals surface area contributed by atoms with E-state index in [1.165, 1.54) is 38.9 Å². The van der Waals surface area contributed by atoms with Crippen LogP contribution >= 0.6 is 0 Å². The Hall–Kier alpha value is -0.160. The molecule has 4 heteroatoms. The first-order valence-corrected chi connectivity index (χ1v) is 7.48. The minimum atomic E-state index is 0.505. The molecule has 2 N–H and O–H groups in total. The Labute approximate surface area is 111 Å². The summed E-state index contributed by atoms with van der Waals surface area (Å²) < 4.78 is 5.52. The monoisotopic (exact) mass is 255 g/mol. The molecule has 0 spiro atoms. The lowest BCUT2D eigenvalue weighted by Gasteiger charge is -2.41. The maximum Gasteiger partial charge on any atom is 0.0510 e. The van der Waals surface area contributed by atoms with Crippen molar-refractivity contribution < 1.29 is 4.74 Å². The molecule has 106 valence electrons. The van der Waals surface area contributed by atoms with E-state index in [0.717, 1.165) is 19.8 Å². The van der Waals surface area contributed by atoms with Gasteiger partial charge in [0.1, 0.15) is 0 Å². The molecule has 0 aromatic rings. The molecule has 2 rings (SSSR count). The Morgan fingerprint density at radius 1 is 1.33 bits per heavy atom. The molecule has 0 aromatic carbocycles. The highest BCUT2D eigenvalue weighted by Crippen LogP contribution is 2.24. The molecule has 4 nitrogen and oxygen atoms in total. The molecule has 2 heterocycles. The summed E-state index contributed by atoms with van der Waals surface area (Å²) in [6.07, 6.45) is 3.75. The molecule has 2 atom stereocenters. The molecule has 0 aromatic heterocycles. The number of nitrogens with zero attached hydrogens (tertiary/aromatic N) is 2. The van der Waals surface area contributed by atoms with Crippen LogP contribution in [0.1, 0.15) is 26.2 Å². The fraction of sp³-hybridized carbons (Fsp3) is 1.00. The number of piperidine rings is 1. The Bertz CT molecular complexity index is 235. The van der Waals surface area contributed by atoms with Gasteiger partial charge < -0.3 is 15.4 Å². The minimum Gasteiger partial charge on any atom is -0.381 e. The molecule has 0 saturated carbocycles. The Balaban J connectivity index is 1.86. The maximum atomic E-state index is 6.01. The maximum absolute atomic E-state index is 6.01. The van der Waals surface area contributed by atoms with Crippen LogP contribution in [0.2, 0.25) is 0 Å². The highest BCUT2D eigenvalue weighted by Gasteiger charge is 2.32. The van der Waals surface area contributed by atoms with E-state index < -0.39 is 0 Å². The second kappa shape index (κ2) is 6.85. The first-order chi connectivity index (χ1) is 8.76. The van der Waals surface area contributed by atoms with Gasteiger partial charge in [-0.25, -0.2) is 0 Å². The number of hydrogen-bond acceptors (Lipinski definition) is 4. The van der Waals surface area contributed by atoms with Crippen molar-refractivity contribution in [3.63, 3.8) is 0 Å². The lowest BCUT2D eigenvalue weighted by atomic mass is 9.94. The van der Waals surface area contributed by atoms with Crippen molar-refractivity contribution in [2.24, 2.45) is 11.7 Å². The van der Waals surface area contributed by atoms with Gasteiger partial charge in [-0.1, -0.05) is 6.92 Å². The van der Waals surface area contributed by atoms with Crippen molar-refractivity contribution in [2.75, 3.05) is 46.4 Å². The lowest BCUT2D eigenvalue weighted by Crippen LogP contribution is -2.52. The fourth-order valence-electron chi connectivity index (χ4n) is 3.46. The lowest BCUT2D eigenvalue weighted by molar-refractivity contribution is 0.0699. The summed E-state index contributed by atoms with van der Waals surface area (Å²) in [7, 11) is 2.27. The van der Waals surface area contributed by atoms with Crippen LogP contribution in [0.3, 0.4) is 0 Å². The van der Waals surface area contributed by atoms with Crippen LogP contribution in [0.5, 0.6) is 0 Å². The number of hydrogen-bond donors (Lipinski definition) is 1. The smallest absolute Gasteiger partial charge is 0.0510 e. The highest BCUT2D eigenvalue weighted by atomic mass is 16.5. The molecule has 2 aliphatic heterocycles. The van der Waals surface area contributed by atoms with E-state index in [-0.39, 0.29) is 0 Å². The predicted molar refractivity (Wildman–Crippen MR) is 74.7 cm³/mol. The van der Waals surface area contributed by atoms with Gasteiger partial charge in [-0.2, -0.15) is 0 Å². The number of likely N-dealkylation sites (N-methyl/N-ethyl adjacent to an activating group) is 1. The zero-order valence-corrected chi connectivity index (χ0v) is 12.0. The molecule has 2 fully saturated rings. The van der Waals surface area contributed by atoms with E-state index in [9.17, 15) is 0 Å². The van der Waals surface area contributed by atoms with Gasteiger partial charge in [0, 0.05) is 31.2 Å². The summed E-state index contributed by atoms with van der Waals surface area (Å²) in [5.41, 5.74) is 6.01. The van der Waals surface area contributed by atoms with Gasteiger partial charge in [0.05, 0.1) is 6.61 Å². The van der Waals surface area contributed by atoms with Gasteiger partial charge in [0.2, 0.25) is 0 Å². The number of nitrogens with two attached hydrogens (primary N) is 1. The molecule has 2 saturated heterocycles. The third-order valence-electron chi connectivity index (χ3n) is 4.85. The second-order valence-electron chi connectivity index (χ2n) is 5.76. The highest BCUT2D eigenvalue weighted by molar-refractivity contribution is 4.87. The van der Waals surface area contributed by atoms with Crippen molar-refractivity contribution in [1.29, 1.82) is 0 Å². The second-order valence-corrected chi connectivity index (χ2v) is 5.76. The van der Waals surface area contributed by atoms with Gasteiger partial charge >= 0.3 is 0 Å². The van der Waals surface area contributed by atoms with E-state index in [2.05, 4.69) is 23.8 Å². The summed E-state index contributed by atoms with van der Waals surface area (Å²) in [5, 5.41) is 0. The standard InChI is InChI=1S/C14H29N3O/c1-3-17-7-4-13(5-8-17)16(2)14(10-15)12-6-9-18-11-12/h12-14H,3-11,15H2,1-2H3. The van der Waals surface area contributed by atoms with Gasteiger partial charge in [-0.05, 0) is 45.9 Å². The molecule has 0 amide bonds. The van der Waals surface area contributed by atoms with Crippen molar-refractivity contribution in [3.8, 4) is 0 Å². The first-order valence-electron chi connectivity index (χ1n) is 7.48. The van der Waals surface area contributed by atoms with Crippen molar-refractivity contribution in [1.82, 2.24) is 9.80 Å². The zero-order valence-electron chi connectivity index (χ0n) is 12.0. The summed E-state index contributed by atoms with van der Waals surface area (Å²) in [6, 6.07) is 1.22. The zero-order chi connectivity index (χ0) is 13.0. The summed E-state index contributed by atoms with van der Waals surface area (Å²) in [5.74, 6) is 0.643. The quantitative estimate of drug-likeness (QED) is 0.788. The van der Waals surface area contributed by atoms with Crippen LogP contribution in [0.4, 0.5) is 0 Å². The topological polar surface area (TPSA) is 41.7 Å². The van der Waals surface area contributed by atoms with Gasteiger partial charge in [-0.15, -0.1) is 0 Å². The largest absolute Gasteiger partial charge is 0.381 e. The molecular formula is C14H29N3O. The summed E-state index contributed by atoms with van der Waals surface area (Å²) in [6.45, 7) is 8.51. The molecule has 2 unspecified atom stereocenters. The van der Waals surface area contributed by atoms with Crippen LogP contribution in [0.15, 0.2) is 0 Å². The van der Waals surface area contributed by atoms with Crippen LogP contribution in [0.25, 0.3) is 0 Å². The van der Waals surface area contributed by atoms with Crippen molar-refractivity contribution in [2.45, 2.75) is 38.3 Å². The summed E-state index contributed by atoms with van der Waals surface area (Å²) >= 11 is 0. The van der Waals surface area contributed by atoms with Crippen LogP contribution in [-0.2, 0) is 4.74 Å². The number of ether oxygens (including phenoxy) is 1. The third kappa shape index (κ3) is 3.23. The Morgan fingerprint density at radius 2 is 2.06 bits per heavy atom. The molecule has 18 heavy (non-hydrogen) atoms. The van der Waals surface area contributed by atoms with E-state index in [1.807, 2.05) is 0 Å². The normalized spacial score (nSPS) is 29.0. The predicted octanol–water partition coefficient (Wildman–Crippen LogP) is 0.766. The van der Waals surface area contributed by atoms with Gasteiger partial charge in [0.25, 0.3) is 0 Å². The average Bonchev–Trinajstić information content (AvgIpc) is 2.93. The molecule has 0 radical (unpaired) electrons. The van der Waals surface area contributed by atoms with Gasteiger partial charge in [-0.3, -0.25) is 4.90 Å². The first kappa shape index (κ1) is 14.3. The van der Waals surface area contributed by atoms with Crippen molar-refractivity contribution >= 4 is 0 Å². The molecule has 2 aliphatic rings. The van der Waals surface area contributed by atoms with Crippen LogP contribution < -0.4 is 5.73 Å². The van der Waals surface area contributed by atoms with Crippen molar-refractivity contribution in [3.05, 3.63) is 0 Å². The van der Waals surface area contributed by atoms with E-state index in [1.54, 1.807) is 0 Å². The van der Waals surface area contributed by atoms with E-state index in [0.29, 0.717) is 18.0 Å². The van der Waals surface area contributed by atoms with Crippen LogP contribution in [0, 0.1) is 5.92 Å². The third-order valence-corrected chi connectivity index (χ3v) is 4.85. The molecule has 0 bridgehead atoms. The van der Waals surface area contributed by atoms with Crippen LogP contribution in [-0.4, -0.2) is 68.3 Å². The molecular weight excluding hydrogens is 226 g/mol. The fourth-order valence-corrected chi connectivity index (χ4v) is 3.46. The Kier molecular flexibility index (Phi) is 5.42. The Morgan fingerprint density at radius 3 is 2.56 bits per heavy atom. The van der Waals surface area contributed by atoms with Gasteiger partial charge in [0.15, 0.2) is 0 Å².